The van der Waals surface area contributed by atoms with Gasteiger partial charge >= 0.3 is 6.18 Å². The highest BCUT2D eigenvalue weighted by Gasteiger charge is 2.49. The van der Waals surface area contributed by atoms with E-state index < -0.39 is 29.7 Å². The van der Waals surface area contributed by atoms with Crippen molar-refractivity contribution in [2.75, 3.05) is 11.5 Å². The molecule has 0 spiro atoms. The molecule has 2 saturated carbocycles. The second-order valence-electron chi connectivity index (χ2n) is 12.2. The number of alkyl halides is 3. The van der Waals surface area contributed by atoms with Crippen molar-refractivity contribution in [3.63, 3.8) is 0 Å². The summed E-state index contributed by atoms with van der Waals surface area (Å²) in [7, 11) is 0. The third-order valence-corrected chi connectivity index (χ3v) is 8.42. The summed E-state index contributed by atoms with van der Waals surface area (Å²) in [6, 6.07) is 14.5. The molecule has 0 radical (unpaired) electrons. The summed E-state index contributed by atoms with van der Waals surface area (Å²) in [5.41, 5.74) is -0.115. The fourth-order valence-electron chi connectivity index (χ4n) is 5.75. The minimum atomic E-state index is -4.71. The van der Waals surface area contributed by atoms with Gasteiger partial charge in [-0.05, 0) is 50.3 Å². The highest BCUT2D eigenvalue weighted by molar-refractivity contribution is 6.34. The van der Waals surface area contributed by atoms with Crippen LogP contribution in [0.25, 0.3) is 5.76 Å². The van der Waals surface area contributed by atoms with E-state index in [-0.39, 0.29) is 42.8 Å². The number of ether oxygens (including phenoxy) is 3. The largest absolute Gasteiger partial charge is 0.487 e. The number of benzene rings is 2. The Morgan fingerprint density at radius 1 is 1.09 bits per heavy atom. The van der Waals surface area contributed by atoms with Gasteiger partial charge in [-0.25, -0.2) is 0 Å². The molecule has 0 saturated heterocycles. The fraction of sp³-hybridized carbons (Fsp3) is 0.469. The summed E-state index contributed by atoms with van der Waals surface area (Å²) in [6.07, 6.45) is -1.96. The Morgan fingerprint density at radius 2 is 1.81 bits per heavy atom. The molecular formula is C32H35ClF3N3O4. The van der Waals surface area contributed by atoms with Crippen LogP contribution in [0.5, 0.6) is 5.75 Å². The first-order valence-electron chi connectivity index (χ1n) is 14.6. The van der Waals surface area contributed by atoms with E-state index in [1.807, 2.05) is 49.1 Å². The van der Waals surface area contributed by atoms with Gasteiger partial charge in [0.1, 0.15) is 17.4 Å². The zero-order valence-electron chi connectivity index (χ0n) is 24.3. The Kier molecular flexibility index (Phi) is 7.89. The predicted octanol–water partition coefficient (Wildman–Crippen LogP) is 7.59. The van der Waals surface area contributed by atoms with Gasteiger partial charge < -0.3 is 24.2 Å². The predicted molar refractivity (Wildman–Crippen MR) is 156 cm³/mol. The van der Waals surface area contributed by atoms with Gasteiger partial charge in [0.25, 0.3) is 0 Å². The molecule has 0 amide bonds. The molecule has 2 heterocycles. The summed E-state index contributed by atoms with van der Waals surface area (Å²) in [5, 5.41) is 14.7. The molecule has 3 aliphatic rings. The number of anilines is 1. The lowest BCUT2D eigenvalue weighted by atomic mass is 9.77. The van der Waals surface area contributed by atoms with Crippen LogP contribution in [0.15, 0.2) is 60.4 Å². The third kappa shape index (κ3) is 6.10. The Labute approximate surface area is 253 Å². The summed E-state index contributed by atoms with van der Waals surface area (Å²) in [4.78, 5) is 1.84. The Morgan fingerprint density at radius 3 is 2.44 bits per heavy atom. The first kappa shape index (κ1) is 29.8. The number of rotatable bonds is 10. The minimum Gasteiger partial charge on any atom is -0.487 e. The number of halogens is 4. The van der Waals surface area contributed by atoms with Gasteiger partial charge in [-0.15, -0.1) is 0 Å². The van der Waals surface area contributed by atoms with E-state index in [0.717, 1.165) is 23.1 Å². The molecule has 1 unspecified atom stereocenters. The lowest BCUT2D eigenvalue weighted by Gasteiger charge is -2.41. The van der Waals surface area contributed by atoms with E-state index in [2.05, 4.69) is 5.10 Å². The quantitative estimate of drug-likeness (QED) is 0.253. The topological polar surface area (TPSA) is 69.0 Å². The van der Waals surface area contributed by atoms with Gasteiger partial charge in [-0.2, -0.15) is 18.3 Å². The van der Waals surface area contributed by atoms with Gasteiger partial charge in [-0.3, -0.25) is 4.68 Å². The monoisotopic (exact) mass is 617 g/mol. The maximum absolute atomic E-state index is 14.7. The summed E-state index contributed by atoms with van der Waals surface area (Å²) < 4.78 is 63.6. The lowest BCUT2D eigenvalue weighted by molar-refractivity contribution is -0.149. The fourth-order valence-corrected chi connectivity index (χ4v) is 6.03. The molecule has 3 aromatic rings. The highest BCUT2D eigenvalue weighted by atomic mass is 35.5. The second kappa shape index (κ2) is 11.4. The molecule has 0 bridgehead atoms. The molecule has 2 fully saturated rings. The van der Waals surface area contributed by atoms with E-state index in [1.165, 1.54) is 6.20 Å². The lowest BCUT2D eigenvalue weighted by Crippen LogP contribution is -2.43. The van der Waals surface area contributed by atoms with Crippen LogP contribution in [-0.2, 0) is 22.3 Å². The zero-order valence-corrected chi connectivity index (χ0v) is 25.0. The molecule has 11 heteroatoms. The number of hydrogen-bond donors (Lipinski definition) is 1. The molecule has 2 aromatic carbocycles. The smallest absolute Gasteiger partial charge is 0.433 e. The Balaban J connectivity index is 1.43. The van der Waals surface area contributed by atoms with Crippen molar-refractivity contribution in [3.8, 4) is 5.75 Å². The summed E-state index contributed by atoms with van der Waals surface area (Å²) in [5.74, 6) is 0.377. The van der Waals surface area contributed by atoms with Gasteiger partial charge in [-0.1, -0.05) is 61.8 Å². The summed E-state index contributed by atoms with van der Waals surface area (Å²) >= 11 is 6.96. The van der Waals surface area contributed by atoms with Crippen LogP contribution in [0.3, 0.4) is 0 Å². The van der Waals surface area contributed by atoms with E-state index in [0.29, 0.717) is 28.8 Å². The third-order valence-electron chi connectivity index (χ3n) is 8.04. The first-order chi connectivity index (χ1) is 20.4. The summed E-state index contributed by atoms with van der Waals surface area (Å²) in [6.45, 7) is 5.83. The van der Waals surface area contributed by atoms with Gasteiger partial charge in [0.2, 0.25) is 0 Å². The standard InChI is InChI=1S/C32H35ClF3N3O4/c1-19(2)30-38(24-10-7-11-26(27(24)33)42-17-20-8-5-4-6-9-20)25(18-41-22-12-13-22)28(43-30)23-16-37-39(29(23)32(34,35)36)21-14-31(3,40)15-21/h4-11,16,19,21-22,30,40H,12-15,17-18H2,1-3H3. The molecule has 1 aliphatic heterocycles. The van der Waals surface area contributed by atoms with Crippen molar-refractivity contribution in [3.05, 3.63) is 82.3 Å². The number of hydrogen-bond acceptors (Lipinski definition) is 6. The normalized spacial score (nSPS) is 24.0. The van der Waals surface area contributed by atoms with Gasteiger partial charge in [0.05, 0.1) is 47.5 Å². The van der Waals surface area contributed by atoms with Crippen molar-refractivity contribution in [1.29, 1.82) is 0 Å². The van der Waals surface area contributed by atoms with Crippen molar-refractivity contribution in [1.82, 2.24) is 9.78 Å². The molecular weight excluding hydrogens is 583 g/mol. The van der Waals surface area contributed by atoms with Crippen LogP contribution in [0.1, 0.15) is 69.3 Å². The minimum absolute atomic E-state index is 0.0370. The molecule has 43 heavy (non-hydrogen) atoms. The molecule has 1 atom stereocenters. The van der Waals surface area contributed by atoms with Crippen LogP contribution in [0.2, 0.25) is 5.02 Å². The number of aromatic nitrogens is 2. The van der Waals surface area contributed by atoms with Crippen molar-refractivity contribution >= 4 is 23.0 Å². The van der Waals surface area contributed by atoms with Crippen molar-refractivity contribution in [2.24, 2.45) is 5.92 Å². The van der Waals surface area contributed by atoms with Crippen molar-refractivity contribution in [2.45, 2.75) is 83.2 Å². The molecule has 7 nitrogen and oxygen atoms in total. The zero-order chi connectivity index (χ0) is 30.5. The van der Waals surface area contributed by atoms with Crippen molar-refractivity contribution < 1.29 is 32.5 Å². The van der Waals surface area contributed by atoms with Crippen LogP contribution in [0, 0.1) is 5.92 Å². The average Bonchev–Trinajstić information content (AvgIpc) is 3.53. The maximum atomic E-state index is 14.7. The maximum Gasteiger partial charge on any atom is 0.433 e. The van der Waals surface area contributed by atoms with Gasteiger partial charge in [0.15, 0.2) is 17.7 Å². The van der Waals surface area contributed by atoms with Crippen LogP contribution < -0.4 is 9.64 Å². The Bertz CT molecular complexity index is 1490. The van der Waals surface area contributed by atoms with Crippen LogP contribution in [-0.4, -0.2) is 39.4 Å². The van der Waals surface area contributed by atoms with E-state index >= 15 is 0 Å². The highest BCUT2D eigenvalue weighted by Crippen LogP contribution is 2.49. The van der Waals surface area contributed by atoms with Crippen LogP contribution >= 0.6 is 11.6 Å². The van der Waals surface area contributed by atoms with Crippen LogP contribution in [0.4, 0.5) is 18.9 Å². The number of nitrogens with zero attached hydrogens (tertiary/aromatic N) is 3. The molecule has 6 rings (SSSR count). The van der Waals surface area contributed by atoms with Gasteiger partial charge in [0, 0.05) is 5.92 Å². The molecule has 1 aromatic heterocycles. The van der Waals surface area contributed by atoms with E-state index in [9.17, 15) is 18.3 Å². The van der Waals surface area contributed by atoms with E-state index in [1.54, 1.807) is 25.1 Å². The molecule has 230 valence electrons. The second-order valence-corrected chi connectivity index (χ2v) is 12.6. The average molecular weight is 618 g/mol. The van der Waals surface area contributed by atoms with E-state index in [4.69, 9.17) is 25.8 Å². The Hall–Kier alpha value is -3.21. The number of aliphatic hydroxyl groups is 1. The SMILES string of the molecule is CC(C)C1OC(c2cnn(C3CC(C)(O)C3)c2C(F)(F)F)=C(COC2CC2)N1c1cccc(OCc2ccccc2)c1Cl. The molecule has 2 aliphatic carbocycles. The molecule has 1 N–H and O–H groups in total. The first-order valence-corrected chi connectivity index (χ1v) is 14.9.